The molecule has 0 radical (unpaired) electrons. The molecule has 0 heterocycles. The van der Waals surface area contributed by atoms with Crippen molar-refractivity contribution in [2.75, 3.05) is 0 Å². The van der Waals surface area contributed by atoms with Crippen molar-refractivity contribution >= 4 is 0 Å². The van der Waals surface area contributed by atoms with Gasteiger partial charge in [0.25, 0.3) is 0 Å². The summed E-state index contributed by atoms with van der Waals surface area (Å²) in [5, 5.41) is 0. The highest BCUT2D eigenvalue weighted by Gasteiger charge is 2.08. The van der Waals surface area contributed by atoms with Gasteiger partial charge in [-0.15, -0.1) is 0 Å². The Bertz CT molecular complexity index is 516. The van der Waals surface area contributed by atoms with E-state index in [-0.39, 0.29) is 11.6 Å². The molecule has 0 saturated heterocycles. The lowest BCUT2D eigenvalue weighted by Gasteiger charge is -2.11. The molecule has 0 N–H and O–H groups in total. The first kappa shape index (κ1) is 16.2. The van der Waals surface area contributed by atoms with Crippen LogP contribution in [0.5, 0.6) is 5.75 Å². The highest BCUT2D eigenvalue weighted by Crippen LogP contribution is 2.23. The van der Waals surface area contributed by atoms with Crippen molar-refractivity contribution in [3.63, 3.8) is 0 Å². The summed E-state index contributed by atoms with van der Waals surface area (Å²) in [6, 6.07) is 4.46. The van der Waals surface area contributed by atoms with Crippen molar-refractivity contribution in [3.8, 4) is 5.75 Å². The minimum Gasteiger partial charge on any atom is -0.459 e. The number of hydrogen-bond acceptors (Lipinski definition) is 1. The Morgan fingerprint density at radius 1 is 1.35 bits per heavy atom. The van der Waals surface area contributed by atoms with Crippen LogP contribution in [0.1, 0.15) is 32.3 Å². The number of aryl methyl sites for hydroxylation is 1. The molecule has 20 heavy (non-hydrogen) atoms. The molecule has 0 aliphatic heterocycles. The second-order valence-electron chi connectivity index (χ2n) is 4.32. The Labute approximate surface area is 119 Å². The molecule has 0 spiro atoms. The van der Waals surface area contributed by atoms with Crippen LogP contribution in [0.3, 0.4) is 0 Å². The van der Waals surface area contributed by atoms with Gasteiger partial charge in [0.15, 0.2) is 5.83 Å². The van der Waals surface area contributed by atoms with Crippen LogP contribution in [-0.4, -0.2) is 0 Å². The summed E-state index contributed by atoms with van der Waals surface area (Å²) < 4.78 is 32.9. The summed E-state index contributed by atoms with van der Waals surface area (Å²) in [7, 11) is 0. The molecule has 0 fully saturated rings. The fourth-order valence-electron chi connectivity index (χ4n) is 1.72. The van der Waals surface area contributed by atoms with Crippen LogP contribution in [0.15, 0.2) is 54.6 Å². The van der Waals surface area contributed by atoms with E-state index in [1.807, 2.05) is 13.8 Å². The van der Waals surface area contributed by atoms with E-state index in [2.05, 4.69) is 6.58 Å². The zero-order valence-corrected chi connectivity index (χ0v) is 12.0. The maximum Gasteiger partial charge on any atom is 0.161 e. The normalized spacial score (nSPS) is 12.4. The fourth-order valence-corrected chi connectivity index (χ4v) is 1.72. The van der Waals surface area contributed by atoms with Crippen LogP contribution in [0.2, 0.25) is 0 Å². The van der Waals surface area contributed by atoms with Gasteiger partial charge in [-0.25, -0.2) is 8.78 Å². The predicted molar refractivity (Wildman–Crippen MR) is 78.8 cm³/mol. The third-order valence-corrected chi connectivity index (χ3v) is 2.76. The van der Waals surface area contributed by atoms with Crippen LogP contribution < -0.4 is 4.74 Å². The van der Waals surface area contributed by atoms with E-state index in [1.54, 1.807) is 6.07 Å². The van der Waals surface area contributed by atoms with Crippen LogP contribution in [0, 0.1) is 5.82 Å². The van der Waals surface area contributed by atoms with Gasteiger partial charge in [-0.2, -0.15) is 0 Å². The highest BCUT2D eigenvalue weighted by molar-refractivity contribution is 5.32. The summed E-state index contributed by atoms with van der Waals surface area (Å²) in [6.07, 6.45) is 6.11. The molecule has 0 unspecified atom stereocenters. The highest BCUT2D eigenvalue weighted by atomic mass is 19.1. The molecule has 1 rings (SSSR count). The Hall–Kier alpha value is -1.90. The maximum atomic E-state index is 13.9. The first-order valence-corrected chi connectivity index (χ1v) is 6.76. The molecule has 0 aliphatic carbocycles. The Balaban J connectivity index is 3.01. The van der Waals surface area contributed by atoms with Crippen molar-refractivity contribution in [1.82, 2.24) is 0 Å². The average molecular weight is 278 g/mol. The largest absolute Gasteiger partial charge is 0.459 e. The van der Waals surface area contributed by atoms with Gasteiger partial charge >= 0.3 is 0 Å². The van der Waals surface area contributed by atoms with Crippen LogP contribution in [0.4, 0.5) is 8.78 Å². The standard InChI is InChI=1S/C17H20F2O/c1-4-7-9-16(19)17(8-5-2)20-14-10-11-15(18)13(6-3)12-14/h4,7,9-12H,1,5-6,8H2,2-3H3/b9-7-,17-16-. The number of benzene rings is 1. The minimum absolute atomic E-state index is 0.249. The summed E-state index contributed by atoms with van der Waals surface area (Å²) in [6.45, 7) is 7.30. The number of allylic oxidation sites excluding steroid dienone is 5. The van der Waals surface area contributed by atoms with Crippen LogP contribution in [-0.2, 0) is 6.42 Å². The first-order valence-electron chi connectivity index (χ1n) is 6.76. The summed E-state index contributed by atoms with van der Waals surface area (Å²) in [5.74, 6) is -0.00451. The van der Waals surface area contributed by atoms with E-state index in [1.165, 1.54) is 30.4 Å². The van der Waals surface area contributed by atoms with Crippen molar-refractivity contribution in [2.45, 2.75) is 33.1 Å². The molecule has 1 nitrogen and oxygen atoms in total. The maximum absolute atomic E-state index is 13.9. The number of halogens is 2. The van der Waals surface area contributed by atoms with Gasteiger partial charge in [0.1, 0.15) is 17.3 Å². The topological polar surface area (TPSA) is 9.23 Å². The van der Waals surface area contributed by atoms with E-state index in [4.69, 9.17) is 4.74 Å². The third-order valence-electron chi connectivity index (χ3n) is 2.76. The molecule has 3 heteroatoms. The molecule has 1 aromatic rings. The molecule has 0 bridgehead atoms. The van der Waals surface area contributed by atoms with Crippen LogP contribution >= 0.6 is 0 Å². The monoisotopic (exact) mass is 278 g/mol. The SMILES string of the molecule is C=C/C=C\C(F)=C(/CCC)Oc1ccc(F)c(CC)c1. The van der Waals surface area contributed by atoms with Gasteiger partial charge in [0, 0.05) is 6.42 Å². The zero-order chi connectivity index (χ0) is 15.0. The van der Waals surface area contributed by atoms with Gasteiger partial charge < -0.3 is 4.74 Å². The van der Waals surface area contributed by atoms with Gasteiger partial charge in [0.05, 0.1) is 0 Å². The number of rotatable bonds is 7. The summed E-state index contributed by atoms with van der Waals surface area (Å²) in [4.78, 5) is 0. The lowest BCUT2D eigenvalue weighted by molar-refractivity contribution is 0.377. The van der Waals surface area contributed by atoms with Crippen molar-refractivity contribution in [1.29, 1.82) is 0 Å². The summed E-state index contributed by atoms with van der Waals surface area (Å²) >= 11 is 0. The first-order chi connectivity index (χ1) is 9.62. The third kappa shape index (κ3) is 4.65. The second kappa shape index (κ2) is 8.31. The van der Waals surface area contributed by atoms with Crippen molar-refractivity contribution in [3.05, 3.63) is 66.0 Å². The second-order valence-corrected chi connectivity index (χ2v) is 4.32. The van der Waals surface area contributed by atoms with Gasteiger partial charge in [-0.05, 0) is 42.7 Å². The zero-order valence-electron chi connectivity index (χ0n) is 12.0. The Morgan fingerprint density at radius 2 is 2.10 bits per heavy atom. The molecule has 0 aromatic heterocycles. The van der Waals surface area contributed by atoms with E-state index in [9.17, 15) is 8.78 Å². The molecular formula is C17H20F2O. The molecule has 1 aromatic carbocycles. The van der Waals surface area contributed by atoms with Gasteiger partial charge in [-0.3, -0.25) is 0 Å². The fraction of sp³-hybridized carbons (Fsp3) is 0.294. The van der Waals surface area contributed by atoms with Gasteiger partial charge in [-0.1, -0.05) is 32.6 Å². The average Bonchev–Trinajstić information content (AvgIpc) is 2.46. The molecule has 0 amide bonds. The Kier molecular flexibility index (Phi) is 6.71. The summed E-state index contributed by atoms with van der Waals surface area (Å²) in [5.41, 5.74) is 0.556. The van der Waals surface area contributed by atoms with Gasteiger partial charge in [0.2, 0.25) is 0 Å². The van der Waals surface area contributed by atoms with Crippen molar-refractivity contribution < 1.29 is 13.5 Å². The molecular weight excluding hydrogens is 258 g/mol. The predicted octanol–water partition coefficient (Wildman–Crippen LogP) is 5.49. The minimum atomic E-state index is -0.436. The molecule has 0 atom stereocenters. The molecule has 0 saturated carbocycles. The van der Waals surface area contributed by atoms with E-state index in [0.29, 0.717) is 24.2 Å². The lowest BCUT2D eigenvalue weighted by Crippen LogP contribution is -1.99. The number of ether oxygens (including phenoxy) is 1. The smallest absolute Gasteiger partial charge is 0.161 e. The number of hydrogen-bond donors (Lipinski definition) is 0. The quantitative estimate of drug-likeness (QED) is 0.473. The van der Waals surface area contributed by atoms with E-state index in [0.717, 1.165) is 6.42 Å². The molecule has 0 aliphatic rings. The molecule has 108 valence electrons. The van der Waals surface area contributed by atoms with Crippen LogP contribution in [0.25, 0.3) is 0 Å². The lowest BCUT2D eigenvalue weighted by atomic mass is 10.1. The van der Waals surface area contributed by atoms with E-state index >= 15 is 0 Å². The van der Waals surface area contributed by atoms with Crippen molar-refractivity contribution in [2.24, 2.45) is 0 Å². The van der Waals surface area contributed by atoms with E-state index < -0.39 is 5.83 Å². The Morgan fingerprint density at radius 3 is 2.70 bits per heavy atom.